The second kappa shape index (κ2) is 6.51. The Bertz CT molecular complexity index is 142. The first-order valence-electron chi connectivity index (χ1n) is 3.61. The van der Waals surface area contributed by atoms with E-state index in [-0.39, 0.29) is 46.6 Å². The molecule has 12 heavy (non-hydrogen) atoms. The van der Waals surface area contributed by atoms with Gasteiger partial charge in [0.25, 0.3) is 0 Å². The summed E-state index contributed by atoms with van der Waals surface area (Å²) in [6.45, 7) is 7.43. The summed E-state index contributed by atoms with van der Waals surface area (Å²) in [6, 6.07) is 0.0619. The molecule has 0 saturated heterocycles. The molecule has 0 unspecified atom stereocenters. The maximum absolute atomic E-state index is 10.8. The Morgan fingerprint density at radius 1 is 1.25 bits per heavy atom. The normalized spacial score (nSPS) is 11.7. The van der Waals surface area contributed by atoms with Gasteiger partial charge in [0.05, 0.1) is 17.1 Å². The molecule has 0 aliphatic carbocycles. The predicted octanol–water partition coefficient (Wildman–Crippen LogP) is -1.62. The molecule has 0 amide bonds. The van der Waals surface area contributed by atoms with Gasteiger partial charge in [-0.3, -0.25) is 0 Å². The van der Waals surface area contributed by atoms with E-state index in [9.17, 15) is 5.21 Å². The molecule has 6 heteroatoms. The van der Waals surface area contributed by atoms with E-state index >= 15 is 0 Å². The quantitative estimate of drug-likeness (QED) is 0.248. The maximum Gasteiger partial charge on any atom is 1.00 e. The molecule has 0 radical (unpaired) electrons. The summed E-state index contributed by atoms with van der Waals surface area (Å²) in [7, 11) is 0. The van der Waals surface area contributed by atoms with Crippen molar-refractivity contribution in [3.05, 3.63) is 5.21 Å². The molecule has 66 valence electrons. The van der Waals surface area contributed by atoms with E-state index in [1.165, 1.54) is 5.01 Å². The van der Waals surface area contributed by atoms with E-state index < -0.39 is 0 Å². The van der Waals surface area contributed by atoms with E-state index in [1.54, 1.807) is 0 Å². The molecule has 5 nitrogen and oxygen atoms in total. The Labute approximate surface area is 94.9 Å². The van der Waals surface area contributed by atoms with E-state index in [0.717, 1.165) is 0 Å². The van der Waals surface area contributed by atoms with Gasteiger partial charge in [-0.05, 0) is 27.7 Å². The number of hydrazine groups is 1. The molecule has 0 aromatic heterocycles. The van der Waals surface area contributed by atoms with Crippen LogP contribution in [0.15, 0.2) is 5.28 Å². The Kier molecular flexibility index (Phi) is 7.88. The minimum atomic E-state index is 0. The Balaban J connectivity index is 0. The molecule has 0 aliphatic rings. The average molecular weight is 184 g/mol. The topological polar surface area (TPSA) is 61.9 Å². The molecule has 0 bridgehead atoms. The largest absolute Gasteiger partial charge is 1.00 e. The summed E-state index contributed by atoms with van der Waals surface area (Å²) < 4.78 is 0. The van der Waals surface area contributed by atoms with Gasteiger partial charge >= 0.3 is 29.6 Å². The first-order valence-corrected chi connectivity index (χ1v) is 3.61. The number of hydrogen-bond donors (Lipinski definition) is 1. The van der Waals surface area contributed by atoms with Crippen molar-refractivity contribution in [1.29, 1.82) is 0 Å². The number of rotatable bonds is 3. The number of hydrogen-bond acceptors (Lipinski definition) is 2. The monoisotopic (exact) mass is 184 g/mol. The van der Waals surface area contributed by atoms with Gasteiger partial charge in [-0.25, -0.2) is 0 Å². The molecule has 0 atom stereocenters. The Hall–Kier alpha value is 0. The van der Waals surface area contributed by atoms with Crippen molar-refractivity contribution in [2.45, 2.75) is 39.8 Å². The molecule has 0 aromatic carbocycles. The third kappa shape index (κ3) is 4.13. The van der Waals surface area contributed by atoms with Crippen molar-refractivity contribution in [2.75, 3.05) is 0 Å². The molecule has 0 aliphatic heterocycles. The molecule has 0 saturated carbocycles. The predicted molar refractivity (Wildman–Crippen MR) is 40.0 cm³/mol. The van der Waals surface area contributed by atoms with Gasteiger partial charge in [0, 0.05) is 0 Å². The van der Waals surface area contributed by atoms with E-state index in [0.29, 0.717) is 0 Å². The standard InChI is InChI=1S/C6H15N3O2.Na/c1-5(2)8(6(3)4)9(11)7-10;/h5-6,10H,1-4H3;/q;+1. The molecule has 0 spiro atoms. The summed E-state index contributed by atoms with van der Waals surface area (Å²) in [5, 5.41) is 23.0. The van der Waals surface area contributed by atoms with Gasteiger partial charge in [0.1, 0.15) is 0 Å². The number of nitrogens with zero attached hydrogens (tertiary/aromatic N) is 3. The van der Waals surface area contributed by atoms with Gasteiger partial charge in [0.2, 0.25) is 5.28 Å². The van der Waals surface area contributed by atoms with E-state index in [4.69, 9.17) is 5.21 Å². The van der Waals surface area contributed by atoms with Crippen LogP contribution < -0.4 is 29.6 Å². The van der Waals surface area contributed by atoms with Crippen LogP contribution in [0.25, 0.3) is 0 Å². The molecular weight excluding hydrogens is 169 g/mol. The minimum Gasteiger partial charge on any atom is -0.569 e. The van der Waals surface area contributed by atoms with Crippen molar-refractivity contribution < 1.29 is 39.7 Å². The van der Waals surface area contributed by atoms with Crippen LogP contribution in [0.4, 0.5) is 0 Å². The van der Waals surface area contributed by atoms with Crippen LogP contribution in [0.2, 0.25) is 0 Å². The van der Waals surface area contributed by atoms with Crippen LogP contribution >= 0.6 is 0 Å². The Morgan fingerprint density at radius 3 is 1.67 bits per heavy atom. The van der Waals surface area contributed by atoms with E-state index in [2.05, 4.69) is 5.28 Å². The molecule has 0 heterocycles. The smallest absolute Gasteiger partial charge is 0.569 e. The summed E-state index contributed by atoms with van der Waals surface area (Å²) in [6.07, 6.45) is 0. The SMILES string of the molecule is CC(C)N(C(C)C)[N+]([O-])=NO.[Na+]. The maximum atomic E-state index is 10.8. The summed E-state index contributed by atoms with van der Waals surface area (Å²) in [5.74, 6) is 0. The fourth-order valence-corrected chi connectivity index (χ4v) is 1.04. The van der Waals surface area contributed by atoms with Crippen molar-refractivity contribution in [3.8, 4) is 0 Å². The fraction of sp³-hybridized carbons (Fsp3) is 1.00. The summed E-state index contributed by atoms with van der Waals surface area (Å²) in [5.41, 5.74) is 0. The molecule has 0 fully saturated rings. The first kappa shape index (κ1) is 14.5. The van der Waals surface area contributed by atoms with Crippen LogP contribution in [0, 0.1) is 5.21 Å². The van der Waals surface area contributed by atoms with Gasteiger partial charge in [-0.2, -0.15) is 0 Å². The Morgan fingerprint density at radius 2 is 1.58 bits per heavy atom. The van der Waals surface area contributed by atoms with Crippen LogP contribution in [0.1, 0.15) is 27.7 Å². The van der Waals surface area contributed by atoms with E-state index in [1.807, 2.05) is 27.7 Å². The molecule has 0 rings (SSSR count). The van der Waals surface area contributed by atoms with Crippen molar-refractivity contribution in [2.24, 2.45) is 5.28 Å². The van der Waals surface area contributed by atoms with Crippen molar-refractivity contribution in [1.82, 2.24) is 5.01 Å². The van der Waals surface area contributed by atoms with Crippen LogP contribution in [-0.2, 0) is 0 Å². The average Bonchev–Trinajstić information content (AvgIpc) is 1.85. The zero-order valence-corrected chi connectivity index (χ0v) is 10.4. The van der Waals surface area contributed by atoms with Crippen molar-refractivity contribution in [3.63, 3.8) is 0 Å². The van der Waals surface area contributed by atoms with Crippen LogP contribution in [0.5, 0.6) is 0 Å². The van der Waals surface area contributed by atoms with Gasteiger partial charge < -0.3 is 10.4 Å². The van der Waals surface area contributed by atoms with Gasteiger partial charge in [-0.15, -0.1) is 5.01 Å². The van der Waals surface area contributed by atoms with Crippen LogP contribution in [-0.4, -0.2) is 27.3 Å². The zero-order chi connectivity index (χ0) is 9.02. The van der Waals surface area contributed by atoms with Gasteiger partial charge in [0.15, 0.2) is 0 Å². The second-order valence-electron chi connectivity index (χ2n) is 2.91. The van der Waals surface area contributed by atoms with Crippen molar-refractivity contribution >= 4 is 0 Å². The summed E-state index contributed by atoms with van der Waals surface area (Å²) >= 11 is 0. The summed E-state index contributed by atoms with van der Waals surface area (Å²) in [4.78, 5) is 0.204. The van der Waals surface area contributed by atoms with Gasteiger partial charge in [-0.1, -0.05) is 0 Å². The third-order valence-electron chi connectivity index (χ3n) is 1.33. The molecule has 1 N–H and O–H groups in total. The first-order chi connectivity index (χ1) is 5.00. The minimum absolute atomic E-state index is 0. The second-order valence-corrected chi connectivity index (χ2v) is 2.91. The fourth-order valence-electron chi connectivity index (χ4n) is 1.04. The zero-order valence-electron chi connectivity index (χ0n) is 8.35. The third-order valence-corrected chi connectivity index (χ3v) is 1.33. The molecule has 0 aromatic rings. The van der Waals surface area contributed by atoms with Crippen LogP contribution in [0.3, 0.4) is 0 Å². The molecular formula is C6H15N3NaO2+.